The minimum absolute atomic E-state index is 0.00607. The number of hydrogen-bond acceptors (Lipinski definition) is 6. The second kappa shape index (κ2) is 7.32. The molecule has 3 rings (SSSR count). The highest BCUT2D eigenvalue weighted by molar-refractivity contribution is 6.34. The van der Waals surface area contributed by atoms with Gasteiger partial charge in [-0.05, 0) is 18.2 Å². The standard InChI is InChI=1S/C17H13ClN4O4/c1-21(17(23)13-8-7-12(22(24)25)9-14(13)18)10-15-19-20-16(26-15)11-5-3-2-4-6-11/h2-9H,10H2,1H3. The van der Waals surface area contributed by atoms with E-state index in [9.17, 15) is 14.9 Å². The third-order valence-electron chi connectivity index (χ3n) is 3.60. The Balaban J connectivity index is 1.74. The highest BCUT2D eigenvalue weighted by Crippen LogP contribution is 2.24. The summed E-state index contributed by atoms with van der Waals surface area (Å²) in [6.07, 6.45) is 0. The molecule has 0 N–H and O–H groups in total. The number of aromatic nitrogens is 2. The fourth-order valence-electron chi connectivity index (χ4n) is 2.29. The van der Waals surface area contributed by atoms with Crippen molar-refractivity contribution in [3.63, 3.8) is 0 Å². The first-order valence-electron chi connectivity index (χ1n) is 7.53. The molecule has 1 aromatic heterocycles. The molecule has 3 aromatic rings. The number of nitro benzene ring substituents is 1. The summed E-state index contributed by atoms with van der Waals surface area (Å²) in [4.78, 5) is 24.0. The molecule has 0 aliphatic carbocycles. The first-order chi connectivity index (χ1) is 12.5. The molecule has 0 saturated carbocycles. The Kier molecular flexibility index (Phi) is 4.94. The predicted octanol–water partition coefficient (Wildman–Crippen LogP) is 3.57. The van der Waals surface area contributed by atoms with Crippen molar-refractivity contribution in [2.45, 2.75) is 6.54 Å². The number of halogens is 1. The topological polar surface area (TPSA) is 102 Å². The van der Waals surface area contributed by atoms with Crippen molar-refractivity contribution >= 4 is 23.2 Å². The molecule has 0 aliphatic heterocycles. The number of carbonyl (C=O) groups excluding carboxylic acids is 1. The Morgan fingerprint density at radius 1 is 1.23 bits per heavy atom. The van der Waals surface area contributed by atoms with E-state index in [2.05, 4.69) is 10.2 Å². The zero-order chi connectivity index (χ0) is 18.7. The molecule has 26 heavy (non-hydrogen) atoms. The Labute approximate surface area is 153 Å². The molecule has 0 radical (unpaired) electrons. The van der Waals surface area contributed by atoms with Gasteiger partial charge in [0.1, 0.15) is 0 Å². The van der Waals surface area contributed by atoms with E-state index in [1.165, 1.54) is 17.0 Å². The molecule has 1 heterocycles. The SMILES string of the molecule is CN(Cc1nnc(-c2ccccc2)o1)C(=O)c1ccc([N+](=O)[O-])cc1Cl. The van der Waals surface area contributed by atoms with Crippen LogP contribution in [-0.2, 0) is 6.54 Å². The zero-order valence-corrected chi connectivity index (χ0v) is 14.4. The summed E-state index contributed by atoms with van der Waals surface area (Å²) in [7, 11) is 1.55. The van der Waals surface area contributed by atoms with Crippen molar-refractivity contribution in [1.29, 1.82) is 0 Å². The van der Waals surface area contributed by atoms with Crippen LogP contribution in [0.1, 0.15) is 16.2 Å². The Morgan fingerprint density at radius 2 is 1.96 bits per heavy atom. The van der Waals surface area contributed by atoms with Crippen LogP contribution < -0.4 is 0 Å². The van der Waals surface area contributed by atoms with Gasteiger partial charge in [0.25, 0.3) is 11.6 Å². The summed E-state index contributed by atoms with van der Waals surface area (Å²) in [6, 6.07) is 12.9. The lowest BCUT2D eigenvalue weighted by molar-refractivity contribution is -0.384. The van der Waals surface area contributed by atoms with Gasteiger partial charge in [-0.2, -0.15) is 0 Å². The van der Waals surface area contributed by atoms with E-state index in [4.69, 9.17) is 16.0 Å². The van der Waals surface area contributed by atoms with Gasteiger partial charge in [-0.25, -0.2) is 0 Å². The first-order valence-corrected chi connectivity index (χ1v) is 7.90. The molecule has 0 aliphatic rings. The van der Waals surface area contributed by atoms with E-state index < -0.39 is 10.8 Å². The number of nitro groups is 1. The van der Waals surface area contributed by atoms with Crippen LogP contribution in [0.25, 0.3) is 11.5 Å². The summed E-state index contributed by atoms with van der Waals surface area (Å²) in [6.45, 7) is 0.0754. The second-order valence-electron chi connectivity index (χ2n) is 5.45. The third-order valence-corrected chi connectivity index (χ3v) is 3.91. The number of rotatable bonds is 5. The van der Waals surface area contributed by atoms with Gasteiger partial charge >= 0.3 is 0 Å². The van der Waals surface area contributed by atoms with Crippen LogP contribution in [-0.4, -0.2) is 33.0 Å². The fourth-order valence-corrected chi connectivity index (χ4v) is 2.54. The van der Waals surface area contributed by atoms with Gasteiger partial charge < -0.3 is 9.32 Å². The van der Waals surface area contributed by atoms with Gasteiger partial charge in [0.15, 0.2) is 0 Å². The molecule has 0 atom stereocenters. The van der Waals surface area contributed by atoms with E-state index in [0.717, 1.165) is 11.6 Å². The van der Waals surface area contributed by atoms with Gasteiger partial charge in [0, 0.05) is 24.7 Å². The molecule has 0 fully saturated rings. The molecular weight excluding hydrogens is 360 g/mol. The average Bonchev–Trinajstić information content (AvgIpc) is 3.10. The first kappa shape index (κ1) is 17.6. The van der Waals surface area contributed by atoms with Gasteiger partial charge in [0.05, 0.1) is 22.1 Å². The number of non-ortho nitro benzene ring substituents is 1. The molecule has 0 saturated heterocycles. The maximum Gasteiger partial charge on any atom is 0.270 e. The van der Waals surface area contributed by atoms with Gasteiger partial charge in [-0.1, -0.05) is 29.8 Å². The molecule has 8 nitrogen and oxygen atoms in total. The van der Waals surface area contributed by atoms with Crippen molar-refractivity contribution in [2.75, 3.05) is 7.05 Å². The number of hydrogen-bond donors (Lipinski definition) is 0. The van der Waals surface area contributed by atoms with E-state index in [1.54, 1.807) is 7.05 Å². The Morgan fingerprint density at radius 3 is 2.62 bits per heavy atom. The molecule has 1 amide bonds. The molecule has 0 unspecified atom stereocenters. The van der Waals surface area contributed by atoms with Crippen LogP contribution in [0.3, 0.4) is 0 Å². The second-order valence-corrected chi connectivity index (χ2v) is 5.86. The molecule has 132 valence electrons. The zero-order valence-electron chi connectivity index (χ0n) is 13.6. The minimum Gasteiger partial charge on any atom is -0.419 e. The highest BCUT2D eigenvalue weighted by Gasteiger charge is 2.20. The summed E-state index contributed by atoms with van der Waals surface area (Å²) in [5, 5.41) is 18.7. The predicted molar refractivity (Wildman–Crippen MR) is 93.6 cm³/mol. The number of amides is 1. The molecule has 0 bridgehead atoms. The highest BCUT2D eigenvalue weighted by atomic mass is 35.5. The van der Waals surface area contributed by atoms with Crippen molar-refractivity contribution in [1.82, 2.24) is 15.1 Å². The maximum absolute atomic E-state index is 12.5. The van der Waals surface area contributed by atoms with Crippen molar-refractivity contribution < 1.29 is 14.1 Å². The van der Waals surface area contributed by atoms with E-state index in [0.29, 0.717) is 5.89 Å². The number of benzene rings is 2. The van der Waals surface area contributed by atoms with E-state index >= 15 is 0 Å². The normalized spacial score (nSPS) is 10.5. The fraction of sp³-hybridized carbons (Fsp3) is 0.118. The summed E-state index contributed by atoms with van der Waals surface area (Å²) in [5.41, 5.74) is 0.750. The number of nitrogens with zero attached hydrogens (tertiary/aromatic N) is 4. The van der Waals surface area contributed by atoms with Crippen LogP contribution in [0, 0.1) is 10.1 Å². The number of carbonyl (C=O) groups is 1. The molecular formula is C17H13ClN4O4. The monoisotopic (exact) mass is 372 g/mol. The van der Waals surface area contributed by atoms with Crippen molar-refractivity contribution in [2.24, 2.45) is 0 Å². The van der Waals surface area contributed by atoms with Gasteiger partial charge in [-0.3, -0.25) is 14.9 Å². The van der Waals surface area contributed by atoms with Crippen LogP contribution in [0.15, 0.2) is 52.9 Å². The quantitative estimate of drug-likeness (QED) is 0.501. The Hall–Kier alpha value is -3.26. The molecule has 9 heteroatoms. The average molecular weight is 373 g/mol. The lowest BCUT2D eigenvalue weighted by atomic mass is 10.2. The molecule has 0 spiro atoms. The largest absolute Gasteiger partial charge is 0.419 e. The van der Waals surface area contributed by atoms with Crippen LogP contribution in [0.4, 0.5) is 5.69 Å². The lowest BCUT2D eigenvalue weighted by Crippen LogP contribution is -2.26. The van der Waals surface area contributed by atoms with Crippen LogP contribution >= 0.6 is 11.6 Å². The van der Waals surface area contributed by atoms with Gasteiger partial charge in [0.2, 0.25) is 11.8 Å². The maximum atomic E-state index is 12.5. The smallest absolute Gasteiger partial charge is 0.270 e. The summed E-state index contributed by atoms with van der Waals surface area (Å²) >= 11 is 6.00. The lowest BCUT2D eigenvalue weighted by Gasteiger charge is -2.15. The van der Waals surface area contributed by atoms with Crippen LogP contribution in [0.2, 0.25) is 5.02 Å². The van der Waals surface area contributed by atoms with Gasteiger partial charge in [-0.15, -0.1) is 10.2 Å². The molecule has 2 aromatic carbocycles. The Bertz CT molecular complexity index is 958. The minimum atomic E-state index is -0.576. The van der Waals surface area contributed by atoms with Crippen molar-refractivity contribution in [3.8, 4) is 11.5 Å². The van der Waals surface area contributed by atoms with Crippen LogP contribution in [0.5, 0.6) is 0 Å². The van der Waals surface area contributed by atoms with Crippen molar-refractivity contribution in [3.05, 3.63) is 75.1 Å². The summed E-state index contributed by atoms with van der Waals surface area (Å²) in [5.74, 6) is 0.205. The van der Waals surface area contributed by atoms with E-state index in [1.807, 2.05) is 30.3 Å². The van der Waals surface area contributed by atoms with E-state index in [-0.39, 0.29) is 28.7 Å². The third kappa shape index (κ3) is 3.70. The summed E-state index contributed by atoms with van der Waals surface area (Å²) < 4.78 is 5.57.